The Morgan fingerprint density at radius 2 is 2.16 bits per heavy atom. The summed E-state index contributed by atoms with van der Waals surface area (Å²) in [5, 5.41) is 11.4. The number of benzene rings is 1. The van der Waals surface area contributed by atoms with E-state index in [9.17, 15) is 4.79 Å². The largest absolute Gasteiger partial charge is 0.375 e. The maximum atomic E-state index is 12.6. The third-order valence-electron chi connectivity index (χ3n) is 4.80. The van der Waals surface area contributed by atoms with E-state index in [0.717, 1.165) is 35.2 Å². The molecule has 2 aliphatic rings. The summed E-state index contributed by atoms with van der Waals surface area (Å²) in [7, 11) is 0. The highest BCUT2D eigenvalue weighted by Crippen LogP contribution is 2.29. The molecule has 7 nitrogen and oxygen atoms in total. The highest BCUT2D eigenvalue weighted by atomic mass is 16.5. The molecule has 2 aromatic rings. The zero-order valence-electron chi connectivity index (χ0n) is 14.4. The lowest BCUT2D eigenvalue weighted by molar-refractivity contribution is 0.107. The van der Waals surface area contributed by atoms with Crippen LogP contribution in [0, 0.1) is 12.8 Å². The number of rotatable bonds is 5. The Labute approximate surface area is 147 Å². The van der Waals surface area contributed by atoms with Gasteiger partial charge in [-0.3, -0.25) is 0 Å². The SMILES string of the molecule is Cc1ccccc1NC(=O)N1CCn2nnc(COCC3CC3)c2C1. The Kier molecular flexibility index (Phi) is 4.40. The first-order valence-electron chi connectivity index (χ1n) is 8.81. The molecule has 1 aliphatic heterocycles. The molecule has 0 unspecified atom stereocenters. The fourth-order valence-corrected chi connectivity index (χ4v) is 3.00. The summed E-state index contributed by atoms with van der Waals surface area (Å²) in [6.07, 6.45) is 2.54. The maximum Gasteiger partial charge on any atom is 0.322 e. The summed E-state index contributed by atoms with van der Waals surface area (Å²) < 4.78 is 7.62. The minimum atomic E-state index is -0.0911. The Hall–Kier alpha value is -2.41. The summed E-state index contributed by atoms with van der Waals surface area (Å²) in [5.74, 6) is 0.725. The van der Waals surface area contributed by atoms with Crippen LogP contribution in [0.2, 0.25) is 0 Å². The number of hydrogen-bond donors (Lipinski definition) is 1. The highest BCUT2D eigenvalue weighted by Gasteiger charge is 2.26. The first-order valence-corrected chi connectivity index (χ1v) is 8.81. The van der Waals surface area contributed by atoms with E-state index in [1.165, 1.54) is 12.8 Å². The Bertz CT molecular complexity index is 769. The molecule has 7 heteroatoms. The third-order valence-corrected chi connectivity index (χ3v) is 4.80. The first kappa shape index (κ1) is 16.1. The number of aromatic nitrogens is 3. The second-order valence-electron chi connectivity index (χ2n) is 6.83. The zero-order valence-corrected chi connectivity index (χ0v) is 14.4. The van der Waals surface area contributed by atoms with Crippen molar-refractivity contribution in [3.8, 4) is 0 Å². The molecule has 0 bridgehead atoms. The van der Waals surface area contributed by atoms with Crippen LogP contribution in [0.25, 0.3) is 0 Å². The van der Waals surface area contributed by atoms with E-state index < -0.39 is 0 Å². The molecule has 2 heterocycles. The van der Waals surface area contributed by atoms with Crippen molar-refractivity contribution < 1.29 is 9.53 Å². The smallest absolute Gasteiger partial charge is 0.322 e. The van der Waals surface area contributed by atoms with Gasteiger partial charge in [-0.15, -0.1) is 5.10 Å². The lowest BCUT2D eigenvalue weighted by atomic mass is 10.2. The lowest BCUT2D eigenvalue weighted by Gasteiger charge is -2.28. The van der Waals surface area contributed by atoms with Crippen molar-refractivity contribution in [2.45, 2.75) is 39.5 Å². The molecule has 0 spiro atoms. The van der Waals surface area contributed by atoms with Gasteiger partial charge < -0.3 is 15.0 Å². The number of carbonyl (C=O) groups is 1. The average molecular weight is 341 g/mol. The number of aryl methyl sites for hydroxylation is 1. The van der Waals surface area contributed by atoms with Crippen molar-refractivity contribution in [2.75, 3.05) is 18.5 Å². The normalized spacial score (nSPS) is 16.6. The molecule has 1 saturated carbocycles. The van der Waals surface area contributed by atoms with Gasteiger partial charge in [0.15, 0.2) is 0 Å². The number of amides is 2. The topological polar surface area (TPSA) is 72.3 Å². The van der Waals surface area contributed by atoms with Crippen LogP contribution in [-0.2, 0) is 24.4 Å². The van der Waals surface area contributed by atoms with Gasteiger partial charge in [0.25, 0.3) is 0 Å². The Morgan fingerprint density at radius 3 is 2.96 bits per heavy atom. The summed E-state index contributed by atoms with van der Waals surface area (Å²) >= 11 is 0. The van der Waals surface area contributed by atoms with Crippen molar-refractivity contribution in [1.29, 1.82) is 0 Å². The van der Waals surface area contributed by atoms with E-state index in [-0.39, 0.29) is 6.03 Å². The number of anilines is 1. The van der Waals surface area contributed by atoms with Gasteiger partial charge in [-0.1, -0.05) is 23.4 Å². The van der Waals surface area contributed by atoms with Crippen LogP contribution in [0.15, 0.2) is 24.3 Å². The standard InChI is InChI=1S/C18H23N5O2/c1-13-4-2-3-5-15(13)19-18(24)22-8-9-23-17(10-22)16(20-21-23)12-25-11-14-6-7-14/h2-5,14H,6-12H2,1H3,(H,19,24). The van der Waals surface area contributed by atoms with E-state index in [0.29, 0.717) is 26.2 Å². The maximum absolute atomic E-state index is 12.6. The van der Waals surface area contributed by atoms with E-state index in [1.54, 1.807) is 4.90 Å². The summed E-state index contributed by atoms with van der Waals surface area (Å²) in [6, 6.07) is 7.70. The van der Waals surface area contributed by atoms with E-state index >= 15 is 0 Å². The van der Waals surface area contributed by atoms with Crippen molar-refractivity contribution in [1.82, 2.24) is 19.9 Å². The van der Waals surface area contributed by atoms with Gasteiger partial charge in [0.05, 0.1) is 25.4 Å². The molecule has 1 aromatic carbocycles. The Morgan fingerprint density at radius 1 is 1.32 bits per heavy atom. The number of hydrogen-bond acceptors (Lipinski definition) is 4. The fourth-order valence-electron chi connectivity index (χ4n) is 3.00. The molecule has 4 rings (SSSR count). The number of carbonyl (C=O) groups excluding carboxylic acids is 1. The van der Waals surface area contributed by atoms with Crippen molar-refractivity contribution in [3.05, 3.63) is 41.2 Å². The number of nitrogens with zero attached hydrogens (tertiary/aromatic N) is 4. The van der Waals surface area contributed by atoms with Crippen molar-refractivity contribution in [2.24, 2.45) is 5.92 Å². The lowest BCUT2D eigenvalue weighted by Crippen LogP contribution is -2.41. The predicted molar refractivity (Wildman–Crippen MR) is 93.0 cm³/mol. The minimum Gasteiger partial charge on any atom is -0.375 e. The molecule has 2 amide bonds. The van der Waals surface area contributed by atoms with Gasteiger partial charge in [-0.05, 0) is 37.3 Å². The second kappa shape index (κ2) is 6.84. The Balaban J connectivity index is 1.40. The monoisotopic (exact) mass is 341 g/mol. The molecule has 0 saturated heterocycles. The fraction of sp³-hybridized carbons (Fsp3) is 0.500. The molecule has 1 fully saturated rings. The van der Waals surface area contributed by atoms with Crippen LogP contribution in [-0.4, -0.2) is 39.1 Å². The molecule has 0 atom stereocenters. The van der Waals surface area contributed by atoms with Gasteiger partial charge in [-0.25, -0.2) is 9.48 Å². The van der Waals surface area contributed by atoms with E-state index in [2.05, 4.69) is 15.6 Å². The van der Waals surface area contributed by atoms with Crippen LogP contribution in [0.1, 0.15) is 29.8 Å². The van der Waals surface area contributed by atoms with Crippen LogP contribution in [0.5, 0.6) is 0 Å². The van der Waals surface area contributed by atoms with Crippen LogP contribution in [0.4, 0.5) is 10.5 Å². The summed E-state index contributed by atoms with van der Waals surface area (Å²) in [4.78, 5) is 14.4. The van der Waals surface area contributed by atoms with Crippen molar-refractivity contribution >= 4 is 11.7 Å². The molecule has 25 heavy (non-hydrogen) atoms. The average Bonchev–Trinajstić information content (AvgIpc) is 3.36. The minimum absolute atomic E-state index is 0.0911. The predicted octanol–water partition coefficient (Wildman–Crippen LogP) is 2.56. The first-order chi connectivity index (χ1) is 12.2. The number of fused-ring (bicyclic) bond motifs is 1. The van der Waals surface area contributed by atoms with E-state index in [1.807, 2.05) is 35.9 Å². The number of ether oxygens (including phenoxy) is 1. The van der Waals surface area contributed by atoms with Crippen LogP contribution < -0.4 is 5.32 Å². The molecule has 132 valence electrons. The molecule has 1 aliphatic carbocycles. The molecule has 0 radical (unpaired) electrons. The molecular formula is C18H23N5O2. The summed E-state index contributed by atoms with van der Waals surface area (Å²) in [5.41, 5.74) is 3.71. The van der Waals surface area contributed by atoms with Gasteiger partial charge >= 0.3 is 6.03 Å². The quantitative estimate of drug-likeness (QED) is 0.907. The van der Waals surface area contributed by atoms with Gasteiger partial charge in [0, 0.05) is 18.8 Å². The number of nitrogens with one attached hydrogen (secondary N) is 1. The van der Waals surface area contributed by atoms with Gasteiger partial charge in [0.2, 0.25) is 0 Å². The number of urea groups is 1. The number of para-hydroxylation sites is 1. The van der Waals surface area contributed by atoms with Crippen molar-refractivity contribution in [3.63, 3.8) is 0 Å². The molecular weight excluding hydrogens is 318 g/mol. The zero-order chi connectivity index (χ0) is 17.2. The second-order valence-corrected chi connectivity index (χ2v) is 6.83. The molecule has 1 N–H and O–H groups in total. The van der Waals surface area contributed by atoms with Gasteiger partial charge in [0.1, 0.15) is 5.69 Å². The van der Waals surface area contributed by atoms with E-state index in [4.69, 9.17) is 4.74 Å². The third kappa shape index (κ3) is 3.66. The van der Waals surface area contributed by atoms with Crippen LogP contribution in [0.3, 0.4) is 0 Å². The molecule has 1 aromatic heterocycles. The highest BCUT2D eigenvalue weighted by molar-refractivity contribution is 5.90. The summed E-state index contributed by atoms with van der Waals surface area (Å²) in [6.45, 7) is 5.04. The van der Waals surface area contributed by atoms with Crippen LogP contribution >= 0.6 is 0 Å². The van der Waals surface area contributed by atoms with Gasteiger partial charge in [-0.2, -0.15) is 0 Å².